The van der Waals surface area contributed by atoms with Crippen molar-refractivity contribution in [3.63, 3.8) is 0 Å². The largest absolute Gasteiger partial charge is 0.416 e. The number of ether oxygens (including phenoxy) is 1. The molecule has 1 fully saturated rings. The van der Waals surface area contributed by atoms with Crippen molar-refractivity contribution in [2.75, 3.05) is 26.8 Å². The highest BCUT2D eigenvalue weighted by atomic mass is 32.2. The molecule has 0 bridgehead atoms. The second-order valence-electron chi connectivity index (χ2n) is 7.52. The SMILES string of the molecule is CN([C@H]1CC[C@H](OCCC(=O)NCCCO)CC1)S(=O)(=O)c1ccc(C(F)(F)F)cc1. The molecule has 7 nitrogen and oxygen atoms in total. The summed E-state index contributed by atoms with van der Waals surface area (Å²) in [6.45, 7) is 0.698. The Bertz CT molecular complexity index is 807. The molecular formula is C20H29F3N2O5S. The van der Waals surface area contributed by atoms with Crippen LogP contribution in [0.5, 0.6) is 0 Å². The summed E-state index contributed by atoms with van der Waals surface area (Å²) in [7, 11) is -2.46. The lowest BCUT2D eigenvalue weighted by Gasteiger charge is -2.34. The van der Waals surface area contributed by atoms with Gasteiger partial charge in [0.2, 0.25) is 15.9 Å². The van der Waals surface area contributed by atoms with Gasteiger partial charge in [0.25, 0.3) is 0 Å². The fraction of sp³-hybridized carbons (Fsp3) is 0.650. The second-order valence-corrected chi connectivity index (χ2v) is 9.52. The van der Waals surface area contributed by atoms with Crippen molar-refractivity contribution in [1.82, 2.24) is 9.62 Å². The smallest absolute Gasteiger partial charge is 0.396 e. The minimum atomic E-state index is -4.52. The van der Waals surface area contributed by atoms with Gasteiger partial charge in [-0.15, -0.1) is 0 Å². The van der Waals surface area contributed by atoms with Gasteiger partial charge in [0, 0.05) is 32.7 Å². The van der Waals surface area contributed by atoms with Crippen LogP contribution in [0.4, 0.5) is 13.2 Å². The number of carbonyl (C=O) groups is 1. The fourth-order valence-corrected chi connectivity index (χ4v) is 4.88. The molecule has 176 valence electrons. The maximum Gasteiger partial charge on any atom is 0.416 e. The molecule has 1 aromatic carbocycles. The van der Waals surface area contributed by atoms with Crippen LogP contribution in [-0.2, 0) is 25.7 Å². The molecule has 0 aromatic heterocycles. The Hall–Kier alpha value is -1.69. The van der Waals surface area contributed by atoms with Gasteiger partial charge >= 0.3 is 6.18 Å². The summed E-state index contributed by atoms with van der Waals surface area (Å²) in [5.41, 5.74) is -0.895. The van der Waals surface area contributed by atoms with Gasteiger partial charge in [-0.2, -0.15) is 17.5 Å². The van der Waals surface area contributed by atoms with E-state index in [1.807, 2.05) is 0 Å². The van der Waals surface area contributed by atoms with Crippen molar-refractivity contribution in [2.45, 2.75) is 61.7 Å². The van der Waals surface area contributed by atoms with E-state index in [1.54, 1.807) is 0 Å². The monoisotopic (exact) mass is 466 g/mol. The number of rotatable bonds is 10. The average Bonchev–Trinajstić information content (AvgIpc) is 2.73. The number of halogens is 3. The molecule has 11 heteroatoms. The van der Waals surface area contributed by atoms with Crippen molar-refractivity contribution >= 4 is 15.9 Å². The third-order valence-corrected chi connectivity index (χ3v) is 7.28. The van der Waals surface area contributed by atoms with Crippen LogP contribution < -0.4 is 5.32 Å². The summed E-state index contributed by atoms with van der Waals surface area (Å²) in [6.07, 6.45) is -1.50. The topological polar surface area (TPSA) is 95.9 Å². The van der Waals surface area contributed by atoms with E-state index in [9.17, 15) is 26.4 Å². The number of amides is 1. The molecule has 31 heavy (non-hydrogen) atoms. The molecule has 0 radical (unpaired) electrons. The number of hydrogen-bond donors (Lipinski definition) is 2. The van der Waals surface area contributed by atoms with E-state index in [0.717, 1.165) is 24.3 Å². The summed E-state index contributed by atoms with van der Waals surface area (Å²) in [4.78, 5) is 11.4. The number of nitrogens with zero attached hydrogens (tertiary/aromatic N) is 1. The zero-order valence-corrected chi connectivity index (χ0v) is 18.2. The van der Waals surface area contributed by atoms with Crippen LogP contribution in [0.3, 0.4) is 0 Å². The van der Waals surface area contributed by atoms with Crippen LogP contribution in [0.15, 0.2) is 29.2 Å². The Morgan fingerprint density at radius 3 is 2.35 bits per heavy atom. The second kappa shape index (κ2) is 11.3. The van der Waals surface area contributed by atoms with E-state index in [4.69, 9.17) is 9.84 Å². The molecule has 0 unspecified atom stereocenters. The van der Waals surface area contributed by atoms with Gasteiger partial charge in [-0.25, -0.2) is 8.42 Å². The molecule has 1 aliphatic carbocycles. The van der Waals surface area contributed by atoms with Gasteiger partial charge in [-0.05, 0) is 56.4 Å². The molecule has 1 amide bonds. The molecule has 0 aliphatic heterocycles. The summed E-state index contributed by atoms with van der Waals surface area (Å²) in [6, 6.07) is 3.23. The van der Waals surface area contributed by atoms with Crippen LogP contribution in [0.25, 0.3) is 0 Å². The first-order chi connectivity index (χ1) is 14.6. The first-order valence-electron chi connectivity index (χ1n) is 10.2. The highest BCUT2D eigenvalue weighted by Crippen LogP contribution is 2.32. The minimum absolute atomic E-state index is 0.0169. The Morgan fingerprint density at radius 2 is 1.81 bits per heavy atom. The van der Waals surface area contributed by atoms with Crippen molar-refractivity contribution in [3.8, 4) is 0 Å². The van der Waals surface area contributed by atoms with E-state index in [1.165, 1.54) is 11.4 Å². The Labute approximate surface area is 180 Å². The zero-order valence-electron chi connectivity index (χ0n) is 17.4. The molecule has 2 N–H and O–H groups in total. The number of benzene rings is 1. The van der Waals surface area contributed by atoms with Crippen LogP contribution >= 0.6 is 0 Å². The predicted molar refractivity (Wildman–Crippen MR) is 108 cm³/mol. The number of sulfonamides is 1. The van der Waals surface area contributed by atoms with Crippen molar-refractivity contribution < 1.29 is 36.2 Å². The standard InChI is InChI=1S/C20H29F3N2O5S/c1-25(31(28,29)18-9-3-15(4-10-18)20(21,22)23)16-5-7-17(8-6-16)30-14-11-19(27)24-12-2-13-26/h3-4,9-10,16-17,26H,2,5-8,11-14H2,1H3,(H,24,27)/t16-,17-. The quantitative estimate of drug-likeness (QED) is 0.517. The zero-order chi connectivity index (χ0) is 23.1. The molecule has 0 saturated heterocycles. The molecule has 1 aliphatic rings. The minimum Gasteiger partial charge on any atom is -0.396 e. The van der Waals surface area contributed by atoms with Gasteiger partial charge in [-0.3, -0.25) is 4.79 Å². The highest BCUT2D eigenvalue weighted by Gasteiger charge is 2.34. The highest BCUT2D eigenvalue weighted by molar-refractivity contribution is 7.89. The molecular weight excluding hydrogens is 437 g/mol. The van der Waals surface area contributed by atoms with E-state index in [0.29, 0.717) is 38.6 Å². The summed E-state index contributed by atoms with van der Waals surface area (Å²) in [5.74, 6) is -0.149. The van der Waals surface area contributed by atoms with E-state index in [-0.39, 0.29) is 42.6 Å². The first-order valence-corrected chi connectivity index (χ1v) is 11.6. The van der Waals surface area contributed by atoms with Crippen LogP contribution in [0.2, 0.25) is 0 Å². The Morgan fingerprint density at radius 1 is 1.19 bits per heavy atom. The molecule has 1 saturated carbocycles. The van der Waals surface area contributed by atoms with Crippen molar-refractivity contribution in [3.05, 3.63) is 29.8 Å². The van der Waals surface area contributed by atoms with Crippen molar-refractivity contribution in [1.29, 1.82) is 0 Å². The van der Waals surface area contributed by atoms with Crippen LogP contribution in [0.1, 0.15) is 44.1 Å². The summed E-state index contributed by atoms with van der Waals surface area (Å²) < 4.78 is 70.6. The van der Waals surface area contributed by atoms with Crippen LogP contribution in [0, 0.1) is 0 Å². The third kappa shape index (κ3) is 7.44. The van der Waals surface area contributed by atoms with Gasteiger partial charge in [-0.1, -0.05) is 0 Å². The predicted octanol–water partition coefficient (Wildman–Crippen LogP) is 2.54. The van der Waals surface area contributed by atoms with Gasteiger partial charge < -0.3 is 15.2 Å². The van der Waals surface area contributed by atoms with Gasteiger partial charge in [0.1, 0.15) is 0 Å². The lowest BCUT2D eigenvalue weighted by molar-refractivity contribution is -0.137. The lowest BCUT2D eigenvalue weighted by Crippen LogP contribution is -2.40. The number of alkyl halides is 3. The summed E-state index contributed by atoms with van der Waals surface area (Å²) >= 11 is 0. The first kappa shape index (κ1) is 25.6. The lowest BCUT2D eigenvalue weighted by atomic mass is 9.93. The number of hydrogen-bond acceptors (Lipinski definition) is 5. The molecule has 0 heterocycles. The average molecular weight is 467 g/mol. The fourth-order valence-electron chi connectivity index (χ4n) is 3.47. The van der Waals surface area contributed by atoms with E-state index < -0.39 is 21.8 Å². The maximum atomic E-state index is 12.8. The summed E-state index contributed by atoms with van der Waals surface area (Å²) in [5, 5.41) is 11.4. The van der Waals surface area contributed by atoms with Crippen LogP contribution in [-0.4, -0.2) is 62.7 Å². The molecule has 0 spiro atoms. The van der Waals surface area contributed by atoms with E-state index >= 15 is 0 Å². The number of carbonyl (C=O) groups excluding carboxylic acids is 1. The third-order valence-electron chi connectivity index (χ3n) is 5.36. The number of aliphatic hydroxyl groups is 1. The van der Waals surface area contributed by atoms with Crippen molar-refractivity contribution in [2.24, 2.45) is 0 Å². The van der Waals surface area contributed by atoms with Gasteiger partial charge in [0.15, 0.2) is 0 Å². The number of nitrogens with one attached hydrogen (secondary N) is 1. The molecule has 0 atom stereocenters. The molecule has 1 aromatic rings. The Balaban J connectivity index is 1.81. The normalized spacial score (nSPS) is 20.1. The molecule has 2 rings (SSSR count). The van der Waals surface area contributed by atoms with Gasteiger partial charge in [0.05, 0.1) is 23.2 Å². The van der Waals surface area contributed by atoms with E-state index in [2.05, 4.69) is 5.32 Å². The maximum absolute atomic E-state index is 12.8. The Kier molecular flexibility index (Phi) is 9.28. The number of aliphatic hydroxyl groups excluding tert-OH is 1.